The summed E-state index contributed by atoms with van der Waals surface area (Å²) in [5, 5.41) is 0. The van der Waals surface area contributed by atoms with E-state index in [0.29, 0.717) is 0 Å². The lowest BCUT2D eigenvalue weighted by molar-refractivity contribution is 0.253. The number of hydrogen-bond acceptors (Lipinski definition) is 1. The summed E-state index contributed by atoms with van der Waals surface area (Å²) in [6, 6.07) is 0. The molecule has 0 aliphatic carbocycles. The van der Waals surface area contributed by atoms with E-state index in [1.807, 2.05) is 19.9 Å². The van der Waals surface area contributed by atoms with Crippen LogP contribution in [0.3, 0.4) is 0 Å². The summed E-state index contributed by atoms with van der Waals surface area (Å²) in [6.45, 7) is 8.43. The third kappa shape index (κ3) is 7.28. The van der Waals surface area contributed by atoms with Crippen molar-refractivity contribution in [1.29, 1.82) is 0 Å². The highest BCUT2D eigenvalue weighted by atomic mass is 16.5. The van der Waals surface area contributed by atoms with E-state index in [4.69, 9.17) is 4.74 Å². The molecule has 0 aliphatic rings. The standard InChI is InChI=1S/C8H14O/c1-4-6-9-7-5-8(2)3/h4,6H,2,5,7H2,1,3H3. The molecule has 0 aromatic rings. The summed E-state index contributed by atoms with van der Waals surface area (Å²) in [5.74, 6) is 0. The van der Waals surface area contributed by atoms with Gasteiger partial charge in [-0.2, -0.15) is 0 Å². The second-order valence-electron chi connectivity index (χ2n) is 2.05. The van der Waals surface area contributed by atoms with Gasteiger partial charge < -0.3 is 4.74 Å². The van der Waals surface area contributed by atoms with E-state index < -0.39 is 0 Å². The highest BCUT2D eigenvalue weighted by Gasteiger charge is 1.82. The maximum Gasteiger partial charge on any atom is 0.0910 e. The average Bonchev–Trinajstić information content (AvgIpc) is 1.80. The fraction of sp³-hybridized carbons (Fsp3) is 0.500. The van der Waals surface area contributed by atoms with Crippen molar-refractivity contribution in [3.8, 4) is 0 Å². The van der Waals surface area contributed by atoms with Crippen LogP contribution in [0.4, 0.5) is 0 Å². The fourth-order valence-corrected chi connectivity index (χ4v) is 0.397. The monoisotopic (exact) mass is 126 g/mol. The van der Waals surface area contributed by atoms with Crippen LogP contribution in [0.25, 0.3) is 0 Å². The molecule has 0 unspecified atom stereocenters. The van der Waals surface area contributed by atoms with Crippen molar-refractivity contribution >= 4 is 0 Å². The van der Waals surface area contributed by atoms with Crippen molar-refractivity contribution < 1.29 is 4.74 Å². The topological polar surface area (TPSA) is 9.23 Å². The molecule has 0 rings (SSSR count). The second-order valence-corrected chi connectivity index (χ2v) is 2.05. The van der Waals surface area contributed by atoms with E-state index in [-0.39, 0.29) is 0 Å². The molecule has 1 heteroatoms. The first-order valence-corrected chi connectivity index (χ1v) is 3.14. The van der Waals surface area contributed by atoms with Gasteiger partial charge in [-0.3, -0.25) is 0 Å². The van der Waals surface area contributed by atoms with Crippen LogP contribution in [0.1, 0.15) is 20.3 Å². The third-order valence-electron chi connectivity index (χ3n) is 0.879. The van der Waals surface area contributed by atoms with Crippen molar-refractivity contribution in [1.82, 2.24) is 0 Å². The predicted octanol–water partition coefficient (Wildman–Crippen LogP) is 2.50. The number of allylic oxidation sites excluding steroid dienone is 1. The molecule has 1 nitrogen and oxygen atoms in total. The van der Waals surface area contributed by atoms with Crippen molar-refractivity contribution in [2.75, 3.05) is 6.61 Å². The van der Waals surface area contributed by atoms with Crippen LogP contribution in [0.15, 0.2) is 24.5 Å². The van der Waals surface area contributed by atoms with Crippen LogP contribution in [0, 0.1) is 0 Å². The third-order valence-corrected chi connectivity index (χ3v) is 0.879. The van der Waals surface area contributed by atoms with Gasteiger partial charge >= 0.3 is 0 Å². The minimum absolute atomic E-state index is 0.750. The molecule has 9 heavy (non-hydrogen) atoms. The lowest BCUT2D eigenvalue weighted by Crippen LogP contribution is -1.86. The summed E-state index contributed by atoms with van der Waals surface area (Å²) >= 11 is 0. The van der Waals surface area contributed by atoms with Crippen LogP contribution < -0.4 is 0 Å². The normalized spacial score (nSPS) is 10.0. The van der Waals surface area contributed by atoms with E-state index in [9.17, 15) is 0 Å². The Balaban J connectivity index is 3.01. The van der Waals surface area contributed by atoms with Crippen molar-refractivity contribution in [3.05, 3.63) is 24.5 Å². The van der Waals surface area contributed by atoms with Gasteiger partial charge in [0.25, 0.3) is 0 Å². The molecule has 0 amide bonds. The van der Waals surface area contributed by atoms with Gasteiger partial charge in [0.05, 0.1) is 12.9 Å². The van der Waals surface area contributed by atoms with Gasteiger partial charge in [0.15, 0.2) is 0 Å². The molecular formula is C8H14O. The zero-order valence-corrected chi connectivity index (χ0v) is 6.18. The maximum atomic E-state index is 5.05. The van der Waals surface area contributed by atoms with Crippen LogP contribution in [-0.4, -0.2) is 6.61 Å². The molecule has 0 saturated carbocycles. The average molecular weight is 126 g/mol. The molecule has 52 valence electrons. The predicted molar refractivity (Wildman–Crippen MR) is 40.2 cm³/mol. The van der Waals surface area contributed by atoms with Gasteiger partial charge in [-0.05, 0) is 13.8 Å². The van der Waals surface area contributed by atoms with Gasteiger partial charge in [0, 0.05) is 6.42 Å². The molecule has 0 heterocycles. The minimum Gasteiger partial charge on any atom is -0.501 e. The van der Waals surface area contributed by atoms with Crippen LogP contribution >= 0.6 is 0 Å². The first kappa shape index (κ1) is 8.28. The Morgan fingerprint density at radius 1 is 1.67 bits per heavy atom. The Morgan fingerprint density at radius 3 is 2.78 bits per heavy atom. The SMILES string of the molecule is C=C(C)CCOC=CC. The van der Waals surface area contributed by atoms with Gasteiger partial charge in [-0.1, -0.05) is 11.6 Å². The quantitative estimate of drug-likeness (QED) is 0.319. The summed E-state index contributed by atoms with van der Waals surface area (Å²) in [5.41, 5.74) is 1.17. The minimum atomic E-state index is 0.750. The van der Waals surface area contributed by atoms with E-state index in [2.05, 4.69) is 6.58 Å². The lowest BCUT2D eigenvalue weighted by atomic mass is 10.3. The fourth-order valence-electron chi connectivity index (χ4n) is 0.397. The molecule has 0 bridgehead atoms. The van der Waals surface area contributed by atoms with E-state index in [1.54, 1.807) is 6.26 Å². The lowest BCUT2D eigenvalue weighted by Gasteiger charge is -1.97. The van der Waals surface area contributed by atoms with Crippen LogP contribution in [0.5, 0.6) is 0 Å². The molecule has 0 N–H and O–H groups in total. The first-order chi connectivity index (χ1) is 4.27. The van der Waals surface area contributed by atoms with Gasteiger partial charge in [0.2, 0.25) is 0 Å². The summed E-state index contributed by atoms with van der Waals surface area (Å²) in [6.07, 6.45) is 4.52. The summed E-state index contributed by atoms with van der Waals surface area (Å²) in [7, 11) is 0. The highest BCUT2D eigenvalue weighted by Crippen LogP contribution is 1.94. The van der Waals surface area contributed by atoms with Crippen LogP contribution in [-0.2, 0) is 4.74 Å². The molecule has 0 atom stereocenters. The molecular weight excluding hydrogens is 112 g/mol. The number of rotatable bonds is 4. The Labute approximate surface area is 57.0 Å². The molecule has 0 saturated heterocycles. The zero-order chi connectivity index (χ0) is 7.11. The Kier molecular flexibility index (Phi) is 4.98. The van der Waals surface area contributed by atoms with Gasteiger partial charge in [-0.25, -0.2) is 0 Å². The summed E-state index contributed by atoms with van der Waals surface area (Å²) in [4.78, 5) is 0. The van der Waals surface area contributed by atoms with E-state index in [1.165, 1.54) is 5.57 Å². The second kappa shape index (κ2) is 5.42. The van der Waals surface area contributed by atoms with E-state index in [0.717, 1.165) is 13.0 Å². The maximum absolute atomic E-state index is 5.05. The molecule has 0 radical (unpaired) electrons. The van der Waals surface area contributed by atoms with Gasteiger partial charge in [-0.15, -0.1) is 6.58 Å². The zero-order valence-electron chi connectivity index (χ0n) is 6.18. The number of hydrogen-bond donors (Lipinski definition) is 0. The molecule has 0 fully saturated rings. The Morgan fingerprint density at radius 2 is 2.33 bits per heavy atom. The van der Waals surface area contributed by atoms with E-state index >= 15 is 0 Å². The molecule has 0 aromatic heterocycles. The Bertz CT molecular complexity index is 103. The molecule has 0 aromatic carbocycles. The first-order valence-electron chi connectivity index (χ1n) is 3.14. The van der Waals surface area contributed by atoms with Crippen molar-refractivity contribution in [2.45, 2.75) is 20.3 Å². The van der Waals surface area contributed by atoms with Crippen molar-refractivity contribution in [3.63, 3.8) is 0 Å². The van der Waals surface area contributed by atoms with Crippen LogP contribution in [0.2, 0.25) is 0 Å². The highest BCUT2D eigenvalue weighted by molar-refractivity contribution is 4.87. The Hall–Kier alpha value is -0.720. The van der Waals surface area contributed by atoms with Crippen molar-refractivity contribution in [2.24, 2.45) is 0 Å². The largest absolute Gasteiger partial charge is 0.501 e. The van der Waals surface area contributed by atoms with Gasteiger partial charge in [0.1, 0.15) is 0 Å². The number of ether oxygens (including phenoxy) is 1. The smallest absolute Gasteiger partial charge is 0.0910 e. The molecule has 0 spiro atoms. The summed E-state index contributed by atoms with van der Waals surface area (Å²) < 4.78 is 5.05. The molecule has 0 aliphatic heterocycles.